The Morgan fingerprint density at radius 3 is 2.40 bits per heavy atom. The minimum atomic E-state index is -0.859. The number of halogens is 3. The minimum Gasteiger partial charge on any atom is -0.321 e. The highest BCUT2D eigenvalue weighted by Crippen LogP contribution is 2.25. The van der Waals surface area contributed by atoms with Crippen molar-refractivity contribution in [3.63, 3.8) is 0 Å². The van der Waals surface area contributed by atoms with Gasteiger partial charge in [-0.15, -0.1) is 0 Å². The molecule has 132 valence electrons. The van der Waals surface area contributed by atoms with E-state index in [1.165, 1.54) is 17.9 Å². The molecule has 0 spiro atoms. The number of carbonyl (C=O) groups excluding carboxylic acids is 2. The number of para-hydroxylation sites is 1. The van der Waals surface area contributed by atoms with Crippen LogP contribution in [0, 0.1) is 18.6 Å². The van der Waals surface area contributed by atoms with Crippen LogP contribution in [0.15, 0.2) is 36.4 Å². The maximum absolute atomic E-state index is 13.6. The summed E-state index contributed by atoms with van der Waals surface area (Å²) in [6.07, 6.45) is -0.126. The quantitative estimate of drug-likeness (QED) is 0.857. The number of amides is 2. The number of aryl methyl sites for hydroxylation is 1. The topological polar surface area (TPSA) is 49.4 Å². The number of anilines is 2. The molecule has 0 bridgehead atoms. The van der Waals surface area contributed by atoms with Gasteiger partial charge in [0.15, 0.2) is 0 Å². The largest absolute Gasteiger partial charge is 0.321 e. The molecule has 0 aliphatic heterocycles. The number of hydrogen-bond acceptors (Lipinski definition) is 2. The first-order valence-electron chi connectivity index (χ1n) is 7.57. The van der Waals surface area contributed by atoms with Crippen LogP contribution in [0.4, 0.5) is 20.2 Å². The summed E-state index contributed by atoms with van der Waals surface area (Å²) in [5.41, 5.74) is 0.908. The van der Waals surface area contributed by atoms with Crippen LogP contribution in [-0.4, -0.2) is 18.4 Å². The molecule has 1 N–H and O–H groups in total. The van der Waals surface area contributed by atoms with Crippen molar-refractivity contribution in [1.29, 1.82) is 0 Å². The molecule has 2 rings (SSSR count). The monoisotopic (exact) mass is 366 g/mol. The summed E-state index contributed by atoms with van der Waals surface area (Å²) < 4.78 is 27.1. The van der Waals surface area contributed by atoms with Crippen LogP contribution in [0.5, 0.6) is 0 Å². The highest BCUT2D eigenvalue weighted by atomic mass is 35.5. The van der Waals surface area contributed by atoms with Gasteiger partial charge in [-0.3, -0.25) is 9.59 Å². The SMILES string of the molecule is CC(=O)N(CCC(=O)Nc1c(F)cccc1F)c1cc(Cl)ccc1C. The van der Waals surface area contributed by atoms with Crippen molar-refractivity contribution in [2.75, 3.05) is 16.8 Å². The van der Waals surface area contributed by atoms with Crippen molar-refractivity contribution >= 4 is 34.8 Å². The van der Waals surface area contributed by atoms with Crippen LogP contribution in [-0.2, 0) is 9.59 Å². The fourth-order valence-corrected chi connectivity index (χ4v) is 2.52. The van der Waals surface area contributed by atoms with Gasteiger partial charge in [0, 0.05) is 30.6 Å². The molecule has 0 fully saturated rings. The molecular weight excluding hydrogens is 350 g/mol. The Morgan fingerprint density at radius 1 is 1.16 bits per heavy atom. The number of hydrogen-bond donors (Lipinski definition) is 1. The van der Waals surface area contributed by atoms with Crippen LogP contribution in [0.3, 0.4) is 0 Å². The number of rotatable bonds is 5. The van der Waals surface area contributed by atoms with Crippen LogP contribution < -0.4 is 10.2 Å². The van der Waals surface area contributed by atoms with Crippen molar-refractivity contribution in [2.45, 2.75) is 20.3 Å². The average Bonchev–Trinajstić information content (AvgIpc) is 2.54. The first-order chi connectivity index (χ1) is 11.8. The lowest BCUT2D eigenvalue weighted by atomic mass is 10.1. The smallest absolute Gasteiger partial charge is 0.226 e. The predicted octanol–water partition coefficient (Wildman–Crippen LogP) is 4.31. The van der Waals surface area contributed by atoms with E-state index in [0.29, 0.717) is 10.7 Å². The third kappa shape index (κ3) is 4.76. The molecular formula is C18H17ClF2N2O2. The second-order valence-electron chi connectivity index (χ2n) is 5.50. The first kappa shape index (κ1) is 18.9. The zero-order chi connectivity index (χ0) is 18.6. The number of carbonyl (C=O) groups is 2. The second kappa shape index (κ2) is 8.07. The molecule has 25 heavy (non-hydrogen) atoms. The summed E-state index contributed by atoms with van der Waals surface area (Å²) in [4.78, 5) is 25.3. The van der Waals surface area contributed by atoms with Crippen LogP contribution >= 0.6 is 11.6 Å². The zero-order valence-electron chi connectivity index (χ0n) is 13.8. The van der Waals surface area contributed by atoms with Crippen molar-refractivity contribution in [2.24, 2.45) is 0 Å². The van der Waals surface area contributed by atoms with E-state index in [0.717, 1.165) is 17.7 Å². The Balaban J connectivity index is 2.10. The fraction of sp³-hybridized carbons (Fsp3) is 0.222. The van der Waals surface area contributed by atoms with Gasteiger partial charge in [0.1, 0.15) is 17.3 Å². The molecule has 0 saturated carbocycles. The van der Waals surface area contributed by atoms with Gasteiger partial charge in [0.2, 0.25) is 11.8 Å². The van der Waals surface area contributed by atoms with Gasteiger partial charge >= 0.3 is 0 Å². The molecule has 0 aromatic heterocycles. The van der Waals surface area contributed by atoms with E-state index in [-0.39, 0.29) is 18.9 Å². The molecule has 2 aromatic carbocycles. The Kier molecular flexibility index (Phi) is 6.09. The van der Waals surface area contributed by atoms with E-state index in [1.54, 1.807) is 18.2 Å². The van der Waals surface area contributed by atoms with E-state index in [9.17, 15) is 18.4 Å². The first-order valence-corrected chi connectivity index (χ1v) is 7.95. The van der Waals surface area contributed by atoms with Gasteiger partial charge in [-0.05, 0) is 36.8 Å². The summed E-state index contributed by atoms with van der Waals surface area (Å²) in [7, 11) is 0. The second-order valence-corrected chi connectivity index (χ2v) is 5.93. The van der Waals surface area contributed by atoms with E-state index < -0.39 is 23.2 Å². The lowest BCUT2D eigenvalue weighted by Gasteiger charge is -2.23. The molecule has 0 saturated heterocycles. The van der Waals surface area contributed by atoms with Gasteiger partial charge in [0.25, 0.3) is 0 Å². The normalized spacial score (nSPS) is 10.4. The predicted molar refractivity (Wildman–Crippen MR) is 93.8 cm³/mol. The third-order valence-electron chi connectivity index (χ3n) is 3.63. The van der Waals surface area contributed by atoms with Crippen molar-refractivity contribution in [3.8, 4) is 0 Å². The third-order valence-corrected chi connectivity index (χ3v) is 3.87. The fourth-order valence-electron chi connectivity index (χ4n) is 2.35. The Bertz CT molecular complexity index is 791. The van der Waals surface area contributed by atoms with Crippen LogP contribution in [0.2, 0.25) is 5.02 Å². The summed E-state index contributed by atoms with van der Waals surface area (Å²) in [5, 5.41) is 2.66. The van der Waals surface area contributed by atoms with Gasteiger partial charge in [-0.2, -0.15) is 0 Å². The summed E-state index contributed by atoms with van der Waals surface area (Å²) in [6.45, 7) is 3.24. The van der Waals surface area contributed by atoms with Crippen molar-refractivity contribution in [3.05, 3.63) is 58.6 Å². The highest BCUT2D eigenvalue weighted by Gasteiger charge is 2.17. The molecule has 0 heterocycles. The maximum atomic E-state index is 13.6. The Labute approximate surface area is 149 Å². The van der Waals surface area contributed by atoms with Gasteiger partial charge in [0.05, 0.1) is 0 Å². The maximum Gasteiger partial charge on any atom is 0.226 e. The highest BCUT2D eigenvalue weighted by molar-refractivity contribution is 6.31. The van der Waals surface area contributed by atoms with Crippen LogP contribution in [0.1, 0.15) is 18.9 Å². The van der Waals surface area contributed by atoms with Gasteiger partial charge < -0.3 is 10.2 Å². The molecule has 4 nitrogen and oxygen atoms in total. The summed E-state index contributed by atoms with van der Waals surface area (Å²) in [5.74, 6) is -2.59. The molecule has 2 aromatic rings. The minimum absolute atomic E-state index is 0.0540. The molecule has 0 atom stereocenters. The number of benzene rings is 2. The lowest BCUT2D eigenvalue weighted by Crippen LogP contribution is -2.32. The van der Waals surface area contributed by atoms with Crippen molar-refractivity contribution in [1.82, 2.24) is 0 Å². The average molecular weight is 367 g/mol. The van der Waals surface area contributed by atoms with Gasteiger partial charge in [-0.1, -0.05) is 23.7 Å². The van der Waals surface area contributed by atoms with E-state index in [2.05, 4.69) is 5.32 Å². The Hall–Kier alpha value is -2.47. The zero-order valence-corrected chi connectivity index (χ0v) is 14.5. The summed E-state index contributed by atoms with van der Waals surface area (Å²) in [6, 6.07) is 8.41. The van der Waals surface area contributed by atoms with Crippen molar-refractivity contribution < 1.29 is 18.4 Å². The molecule has 0 radical (unpaired) electrons. The van der Waals surface area contributed by atoms with E-state index >= 15 is 0 Å². The Morgan fingerprint density at radius 2 is 1.80 bits per heavy atom. The standard InChI is InChI=1S/C18H17ClF2N2O2/c1-11-6-7-13(19)10-16(11)23(12(2)24)9-8-17(25)22-18-14(20)4-3-5-15(18)21/h3-7,10H,8-9H2,1-2H3,(H,22,25). The summed E-state index contributed by atoms with van der Waals surface area (Å²) >= 11 is 5.97. The van der Waals surface area contributed by atoms with Gasteiger partial charge in [-0.25, -0.2) is 8.78 Å². The lowest BCUT2D eigenvalue weighted by molar-refractivity contribution is -0.117. The molecule has 0 aliphatic carbocycles. The van der Waals surface area contributed by atoms with E-state index in [1.807, 2.05) is 6.92 Å². The number of nitrogens with one attached hydrogen (secondary N) is 1. The molecule has 0 unspecified atom stereocenters. The van der Waals surface area contributed by atoms with E-state index in [4.69, 9.17) is 11.6 Å². The number of nitrogens with zero attached hydrogens (tertiary/aromatic N) is 1. The molecule has 0 aliphatic rings. The van der Waals surface area contributed by atoms with Crippen LogP contribution in [0.25, 0.3) is 0 Å². The molecule has 7 heteroatoms. The molecule has 2 amide bonds.